The molecule has 13 heteroatoms. The summed E-state index contributed by atoms with van der Waals surface area (Å²) in [4.78, 5) is 46.1. The zero-order valence-electron chi connectivity index (χ0n) is 37.6. The largest absolute Gasteiger partial charge is 0.493 e. The molecule has 346 valence electrons. The average Bonchev–Trinajstić information content (AvgIpc) is 4.07. The Hall–Kier alpha value is -6.08. The number of carbonyl (C=O) groups excluding carboxylic acids is 4. The van der Waals surface area contributed by atoms with Gasteiger partial charge in [0, 0.05) is 37.2 Å². The standard InChI is InChI=1S/C26H31NO6.C26H31NO5/c1-2-5-20-16-19(18-10-14-30-15-11-18)8-9-23(20)32-13-4-12-31-22-7-3-6-21(17-22)24-25(28)27-26(29)33-24;1-2-7-20-16-19(18-8-3-4-9-18)12-13-23(20)31-15-6-14-30-22-11-5-10-21(17-22)24-25(28)27-26(29)32-24/h3,6-9,16-18,24H,2,4-5,10-15H2,1H3,(H,27,28,29);5,10-13,16-18,24H,2-4,6-9,14-15H2,1H3,(H,27,28,29). The number of cyclic esters (lactones) is 2. The molecular formula is C52H62N2O11. The lowest BCUT2D eigenvalue weighted by Crippen LogP contribution is -2.20. The van der Waals surface area contributed by atoms with Crippen LogP contribution in [-0.2, 0) is 36.6 Å². The van der Waals surface area contributed by atoms with Gasteiger partial charge in [0.2, 0.25) is 12.2 Å². The molecule has 1 saturated carbocycles. The van der Waals surface area contributed by atoms with Gasteiger partial charge in [-0.3, -0.25) is 20.2 Å². The van der Waals surface area contributed by atoms with Crippen molar-refractivity contribution in [2.75, 3.05) is 39.6 Å². The molecule has 3 saturated heterocycles. The molecule has 3 aliphatic heterocycles. The van der Waals surface area contributed by atoms with Crippen LogP contribution in [0.25, 0.3) is 0 Å². The molecule has 13 nitrogen and oxygen atoms in total. The molecule has 2 unspecified atom stereocenters. The first-order valence-corrected chi connectivity index (χ1v) is 23.3. The fraction of sp³-hybridized carbons (Fsp3) is 0.462. The second-order valence-electron chi connectivity index (χ2n) is 16.9. The third kappa shape index (κ3) is 13.2. The monoisotopic (exact) mass is 890 g/mol. The topological polar surface area (TPSA) is 157 Å². The van der Waals surface area contributed by atoms with Crippen LogP contribution in [0.5, 0.6) is 23.0 Å². The molecule has 8 rings (SSSR count). The Morgan fingerprint density at radius 2 is 0.969 bits per heavy atom. The Morgan fingerprint density at radius 1 is 0.523 bits per heavy atom. The molecule has 0 bridgehead atoms. The molecule has 1 aliphatic carbocycles. The fourth-order valence-corrected chi connectivity index (χ4v) is 8.76. The molecule has 65 heavy (non-hydrogen) atoms. The fourth-order valence-electron chi connectivity index (χ4n) is 8.76. The van der Waals surface area contributed by atoms with Crippen LogP contribution in [0, 0.1) is 0 Å². The van der Waals surface area contributed by atoms with E-state index in [0.717, 1.165) is 76.1 Å². The van der Waals surface area contributed by atoms with Crippen LogP contribution >= 0.6 is 0 Å². The number of hydrogen-bond acceptors (Lipinski definition) is 11. The van der Waals surface area contributed by atoms with Gasteiger partial charge in [0.05, 0.1) is 26.4 Å². The molecule has 2 atom stereocenters. The lowest BCUT2D eigenvalue weighted by molar-refractivity contribution is -0.124. The molecule has 3 heterocycles. The Labute approximate surface area is 381 Å². The van der Waals surface area contributed by atoms with Gasteiger partial charge in [0.15, 0.2) is 0 Å². The summed E-state index contributed by atoms with van der Waals surface area (Å²) < 4.78 is 39.3. The second-order valence-corrected chi connectivity index (χ2v) is 16.9. The SMILES string of the molecule is CCCc1cc(C2CCCC2)ccc1OCCCOc1cccc(C2OC(=O)NC2=O)c1.CCCc1cc(C2CCOCC2)ccc1OCCCOc1cccc(C2OC(=O)NC2=O)c1. The number of aryl methyl sites for hydroxylation is 2. The van der Waals surface area contributed by atoms with Gasteiger partial charge >= 0.3 is 12.2 Å². The van der Waals surface area contributed by atoms with Crippen LogP contribution in [-0.4, -0.2) is 63.6 Å². The highest BCUT2D eigenvalue weighted by molar-refractivity contribution is 6.01. The number of imide groups is 2. The Kier molecular flexibility index (Phi) is 17.1. The van der Waals surface area contributed by atoms with Crippen LogP contribution in [0.3, 0.4) is 0 Å². The Balaban J connectivity index is 0.000000194. The molecule has 4 fully saturated rings. The van der Waals surface area contributed by atoms with Crippen molar-refractivity contribution in [1.82, 2.24) is 10.6 Å². The van der Waals surface area contributed by atoms with Crippen molar-refractivity contribution in [1.29, 1.82) is 0 Å². The lowest BCUT2D eigenvalue weighted by atomic mass is 9.90. The van der Waals surface area contributed by atoms with Gasteiger partial charge in [-0.15, -0.1) is 0 Å². The zero-order valence-corrected chi connectivity index (χ0v) is 37.6. The number of alkyl carbamates (subject to hydrolysis) is 2. The van der Waals surface area contributed by atoms with E-state index in [2.05, 4.69) is 60.9 Å². The predicted molar refractivity (Wildman–Crippen MR) is 244 cm³/mol. The maximum absolute atomic E-state index is 11.8. The molecular weight excluding hydrogens is 829 g/mol. The Bertz CT molecular complexity index is 2230. The molecule has 0 radical (unpaired) electrons. The van der Waals surface area contributed by atoms with E-state index in [1.54, 1.807) is 36.4 Å². The predicted octanol–water partition coefficient (Wildman–Crippen LogP) is 10.1. The molecule has 4 aromatic rings. The number of carbonyl (C=O) groups is 4. The van der Waals surface area contributed by atoms with Gasteiger partial charge in [0.25, 0.3) is 11.8 Å². The number of benzene rings is 4. The van der Waals surface area contributed by atoms with E-state index in [4.69, 9.17) is 33.2 Å². The van der Waals surface area contributed by atoms with E-state index in [1.807, 2.05) is 12.1 Å². The normalized spacial score (nSPS) is 18.6. The Morgan fingerprint density at radius 3 is 1.40 bits per heavy atom. The molecule has 0 spiro atoms. The van der Waals surface area contributed by atoms with E-state index in [0.29, 0.717) is 60.9 Å². The molecule has 0 aromatic heterocycles. The third-order valence-corrected chi connectivity index (χ3v) is 12.1. The highest BCUT2D eigenvalue weighted by atomic mass is 16.6. The van der Waals surface area contributed by atoms with Crippen LogP contribution in [0.4, 0.5) is 9.59 Å². The minimum absolute atomic E-state index is 0.456. The van der Waals surface area contributed by atoms with E-state index in [-0.39, 0.29) is 0 Å². The summed E-state index contributed by atoms with van der Waals surface area (Å²) in [5.74, 6) is 3.54. The summed E-state index contributed by atoms with van der Waals surface area (Å²) >= 11 is 0. The van der Waals surface area contributed by atoms with Gasteiger partial charge in [0.1, 0.15) is 23.0 Å². The third-order valence-electron chi connectivity index (χ3n) is 12.1. The summed E-state index contributed by atoms with van der Waals surface area (Å²) in [5, 5.41) is 4.27. The maximum atomic E-state index is 11.8. The minimum Gasteiger partial charge on any atom is -0.493 e. The smallest absolute Gasteiger partial charge is 0.415 e. The molecule has 4 aliphatic rings. The molecule has 4 aromatic carbocycles. The number of amides is 4. The average molecular weight is 891 g/mol. The summed E-state index contributed by atoms with van der Waals surface area (Å²) in [6, 6.07) is 27.4. The van der Waals surface area contributed by atoms with Crippen molar-refractivity contribution in [2.24, 2.45) is 0 Å². The van der Waals surface area contributed by atoms with Crippen molar-refractivity contribution < 1.29 is 52.3 Å². The summed E-state index contributed by atoms with van der Waals surface area (Å²) in [7, 11) is 0. The lowest BCUT2D eigenvalue weighted by Gasteiger charge is -2.23. The van der Waals surface area contributed by atoms with Crippen molar-refractivity contribution in [3.8, 4) is 23.0 Å². The van der Waals surface area contributed by atoms with E-state index < -0.39 is 36.2 Å². The van der Waals surface area contributed by atoms with Gasteiger partial charge in [-0.2, -0.15) is 0 Å². The quantitative estimate of drug-likeness (QED) is 0.0814. The van der Waals surface area contributed by atoms with Crippen LogP contribution in [0.2, 0.25) is 0 Å². The van der Waals surface area contributed by atoms with Crippen LogP contribution < -0.4 is 29.6 Å². The van der Waals surface area contributed by atoms with Crippen molar-refractivity contribution >= 4 is 24.0 Å². The summed E-state index contributed by atoms with van der Waals surface area (Å²) in [6.07, 6.45) is 9.81. The summed E-state index contributed by atoms with van der Waals surface area (Å²) in [5.41, 5.74) is 6.59. The first-order valence-electron chi connectivity index (χ1n) is 23.3. The first-order chi connectivity index (χ1) is 31.8. The van der Waals surface area contributed by atoms with Gasteiger partial charge in [-0.25, -0.2) is 9.59 Å². The first kappa shape index (κ1) is 46.9. The van der Waals surface area contributed by atoms with Crippen molar-refractivity contribution in [2.45, 2.75) is 115 Å². The summed E-state index contributed by atoms with van der Waals surface area (Å²) in [6.45, 7) is 8.15. The number of rotatable bonds is 20. The van der Waals surface area contributed by atoms with E-state index >= 15 is 0 Å². The van der Waals surface area contributed by atoms with Crippen LogP contribution in [0.15, 0.2) is 84.9 Å². The van der Waals surface area contributed by atoms with Crippen molar-refractivity contribution in [3.63, 3.8) is 0 Å². The van der Waals surface area contributed by atoms with Gasteiger partial charge < -0.3 is 33.2 Å². The molecule has 2 N–H and O–H groups in total. The van der Waals surface area contributed by atoms with E-state index in [1.165, 1.54) is 47.9 Å². The number of nitrogens with one attached hydrogen (secondary N) is 2. The van der Waals surface area contributed by atoms with E-state index in [9.17, 15) is 19.2 Å². The number of ether oxygens (including phenoxy) is 7. The van der Waals surface area contributed by atoms with Gasteiger partial charge in [-0.05, 0) is 109 Å². The highest BCUT2D eigenvalue weighted by Gasteiger charge is 2.35. The van der Waals surface area contributed by atoms with Crippen molar-refractivity contribution in [3.05, 3.63) is 118 Å². The minimum atomic E-state index is -0.925. The van der Waals surface area contributed by atoms with Gasteiger partial charge in [-0.1, -0.05) is 88.1 Å². The maximum Gasteiger partial charge on any atom is 0.415 e. The van der Waals surface area contributed by atoms with Crippen LogP contribution in [0.1, 0.15) is 135 Å². The molecule has 4 amide bonds. The zero-order chi connectivity index (χ0) is 45.4. The number of hydrogen-bond donors (Lipinski definition) is 2. The highest BCUT2D eigenvalue weighted by Crippen LogP contribution is 2.37. The second kappa shape index (κ2) is 23.7.